The van der Waals surface area contributed by atoms with Crippen molar-refractivity contribution >= 4 is 35.2 Å². The predicted octanol–water partition coefficient (Wildman–Crippen LogP) is 6.21. The molecule has 19 heteroatoms. The van der Waals surface area contributed by atoms with Gasteiger partial charge in [0.15, 0.2) is 0 Å². The van der Waals surface area contributed by atoms with Crippen LogP contribution >= 0.6 is 11.6 Å². The number of carboxylic acids is 1. The molecule has 1 aromatic carbocycles. The van der Waals surface area contributed by atoms with Crippen LogP contribution in [0.1, 0.15) is 34.0 Å². The molecule has 1 unspecified atom stereocenters. The van der Waals surface area contributed by atoms with Gasteiger partial charge in [-0.25, -0.2) is 14.8 Å². The number of pyridine rings is 1. The van der Waals surface area contributed by atoms with Gasteiger partial charge in [-0.2, -0.15) is 44.5 Å². The highest BCUT2D eigenvalue weighted by molar-refractivity contribution is 6.31. The number of nitrogen functional groups attached to an aromatic ring is 1. The number of alkyl halides is 9. The maximum atomic E-state index is 14.0. The number of fused-ring (bicyclic) bond motifs is 1. The largest absolute Gasteiger partial charge is 0.490 e. The number of hydrogen-bond donors (Lipinski definition) is 2. The van der Waals surface area contributed by atoms with Gasteiger partial charge in [0.1, 0.15) is 11.6 Å². The lowest BCUT2D eigenvalue weighted by molar-refractivity contribution is -0.192. The van der Waals surface area contributed by atoms with E-state index < -0.39 is 46.7 Å². The van der Waals surface area contributed by atoms with Gasteiger partial charge in [0.25, 0.3) is 0 Å². The van der Waals surface area contributed by atoms with Crippen molar-refractivity contribution in [2.75, 3.05) is 49.4 Å². The van der Waals surface area contributed by atoms with Gasteiger partial charge in [-0.3, -0.25) is 0 Å². The number of carboxylic acid groups (broad SMARTS) is 1. The van der Waals surface area contributed by atoms with Crippen molar-refractivity contribution in [1.29, 1.82) is 0 Å². The summed E-state index contributed by atoms with van der Waals surface area (Å²) in [6.45, 7) is 0.849. The molecule has 0 bridgehead atoms. The van der Waals surface area contributed by atoms with Crippen LogP contribution in [0.3, 0.4) is 0 Å². The highest BCUT2D eigenvalue weighted by Gasteiger charge is 2.40. The molecule has 0 aliphatic carbocycles. The molecule has 1 aliphatic rings. The molecule has 1 aliphatic heterocycles. The van der Waals surface area contributed by atoms with E-state index in [1.54, 1.807) is 19.1 Å². The normalized spacial score (nSPS) is 15.4. The standard InChI is InChI=1S/C25H25ClF6N6O.C2HF3O2/c1-37(10-11-39-2)23-35-19-13-20(14-5-6-16(18(26)12-14)24(27,28)29)38(9-7-15(19)21(33)36-23)22-17(25(30,31)32)4-3-8-34-22;3-2(4,5)1(6)7/h3-6,8,12,20H,7,9-11,13H2,1-2H3,(H2,33,35,36);(H,6,7). The molecule has 3 N–H and O–H groups in total. The number of hydrogen-bond acceptors (Lipinski definition) is 8. The van der Waals surface area contributed by atoms with E-state index in [9.17, 15) is 39.5 Å². The van der Waals surface area contributed by atoms with E-state index in [0.717, 1.165) is 18.2 Å². The first kappa shape index (κ1) is 36.4. The van der Waals surface area contributed by atoms with Crippen molar-refractivity contribution < 1.29 is 54.2 Å². The summed E-state index contributed by atoms with van der Waals surface area (Å²) in [7, 11) is 3.28. The molecule has 2 aromatic heterocycles. The van der Waals surface area contributed by atoms with Crippen LogP contribution in [0.5, 0.6) is 0 Å². The van der Waals surface area contributed by atoms with Gasteiger partial charge in [0.05, 0.1) is 34.5 Å². The summed E-state index contributed by atoms with van der Waals surface area (Å²) in [5, 5.41) is 6.56. The van der Waals surface area contributed by atoms with Crippen molar-refractivity contribution in [1.82, 2.24) is 15.0 Å². The van der Waals surface area contributed by atoms with E-state index in [0.29, 0.717) is 24.4 Å². The third kappa shape index (κ3) is 8.80. The maximum Gasteiger partial charge on any atom is 0.490 e. The van der Waals surface area contributed by atoms with E-state index >= 15 is 0 Å². The molecule has 0 saturated carbocycles. The van der Waals surface area contributed by atoms with Gasteiger partial charge >= 0.3 is 24.5 Å². The quantitative estimate of drug-likeness (QED) is 0.292. The molecule has 1 atom stereocenters. The lowest BCUT2D eigenvalue weighted by Gasteiger charge is -2.33. The van der Waals surface area contributed by atoms with E-state index in [4.69, 9.17) is 32.0 Å². The number of halogens is 10. The fourth-order valence-electron chi connectivity index (χ4n) is 4.52. The monoisotopic (exact) mass is 688 g/mol. The third-order valence-electron chi connectivity index (χ3n) is 6.74. The van der Waals surface area contributed by atoms with Gasteiger partial charge in [0, 0.05) is 45.4 Å². The SMILES string of the molecule is COCCN(C)c1nc(N)c2c(n1)CC(c1ccc(C(F)(F)F)c(Cl)c1)N(c1ncccc1C(F)(F)F)CC2.O=C(O)C(F)(F)F. The van der Waals surface area contributed by atoms with Crippen LogP contribution in [0, 0.1) is 0 Å². The first-order chi connectivity index (χ1) is 21.3. The number of likely N-dealkylation sites (N-methyl/N-ethyl adjacent to an activating group) is 1. The van der Waals surface area contributed by atoms with Crippen LogP contribution in [0.2, 0.25) is 5.02 Å². The van der Waals surface area contributed by atoms with Gasteiger partial charge < -0.3 is 25.4 Å². The van der Waals surface area contributed by atoms with Crippen LogP contribution in [-0.4, -0.2) is 66.1 Å². The van der Waals surface area contributed by atoms with Crippen LogP contribution < -0.4 is 15.5 Å². The third-order valence-corrected chi connectivity index (χ3v) is 7.05. The number of aliphatic carboxylic acids is 1. The number of anilines is 3. The van der Waals surface area contributed by atoms with Crippen molar-refractivity contribution in [2.45, 2.75) is 37.4 Å². The minimum Gasteiger partial charge on any atom is -0.475 e. The van der Waals surface area contributed by atoms with Crippen LogP contribution in [0.15, 0.2) is 36.5 Å². The smallest absolute Gasteiger partial charge is 0.475 e. The second kappa shape index (κ2) is 14.1. The summed E-state index contributed by atoms with van der Waals surface area (Å²) in [4.78, 5) is 25.1. The Morgan fingerprint density at radius 2 is 1.72 bits per heavy atom. The van der Waals surface area contributed by atoms with Crippen molar-refractivity contribution in [2.24, 2.45) is 0 Å². The van der Waals surface area contributed by atoms with Crippen LogP contribution in [-0.2, 0) is 34.7 Å². The lowest BCUT2D eigenvalue weighted by Crippen LogP contribution is -2.33. The number of nitrogens with two attached hydrogens (primary N) is 1. The molecule has 0 spiro atoms. The maximum absolute atomic E-state index is 14.0. The lowest BCUT2D eigenvalue weighted by atomic mass is 9.98. The summed E-state index contributed by atoms with van der Waals surface area (Å²) in [5.41, 5.74) is 5.54. The van der Waals surface area contributed by atoms with Crippen LogP contribution in [0.4, 0.5) is 57.1 Å². The average molecular weight is 689 g/mol. The molecular formula is C27H26ClF9N6O3. The zero-order valence-corrected chi connectivity index (χ0v) is 24.7. The number of ether oxygens (including phenoxy) is 1. The number of nitrogens with zero attached hydrogens (tertiary/aromatic N) is 5. The fraction of sp³-hybridized carbons (Fsp3) is 0.407. The minimum absolute atomic E-state index is 0.0166. The highest BCUT2D eigenvalue weighted by atomic mass is 35.5. The van der Waals surface area contributed by atoms with Gasteiger partial charge in [0.2, 0.25) is 5.95 Å². The molecule has 4 rings (SSSR count). The summed E-state index contributed by atoms with van der Waals surface area (Å²) in [5.74, 6) is -2.66. The number of rotatable bonds is 6. The number of carbonyl (C=O) groups is 1. The Kier molecular flexibility index (Phi) is 11.2. The molecule has 3 heterocycles. The van der Waals surface area contributed by atoms with Crippen molar-refractivity contribution in [3.8, 4) is 0 Å². The van der Waals surface area contributed by atoms with Gasteiger partial charge in [-0.1, -0.05) is 17.7 Å². The second-order valence-electron chi connectivity index (χ2n) is 9.82. The summed E-state index contributed by atoms with van der Waals surface area (Å²) in [6.07, 6.45) is -13.1. The number of methoxy groups -OCH3 is 1. The Morgan fingerprint density at radius 1 is 1.09 bits per heavy atom. The second-order valence-corrected chi connectivity index (χ2v) is 10.2. The van der Waals surface area contributed by atoms with E-state index in [1.807, 2.05) is 0 Å². The molecule has 0 amide bonds. The molecule has 3 aromatic rings. The Labute approximate surface area is 260 Å². The van der Waals surface area contributed by atoms with Gasteiger partial charge in [-0.05, 0) is 36.2 Å². The highest BCUT2D eigenvalue weighted by Crippen LogP contribution is 2.42. The Hall–Kier alpha value is -4.06. The molecule has 46 heavy (non-hydrogen) atoms. The van der Waals surface area contributed by atoms with Crippen molar-refractivity contribution in [3.63, 3.8) is 0 Å². The molecule has 252 valence electrons. The number of benzene rings is 1. The number of aromatic nitrogens is 3. The Morgan fingerprint density at radius 3 is 2.26 bits per heavy atom. The zero-order chi connectivity index (χ0) is 34.6. The molecule has 9 nitrogen and oxygen atoms in total. The zero-order valence-electron chi connectivity index (χ0n) is 23.9. The first-order valence-electron chi connectivity index (χ1n) is 13.1. The Bertz CT molecular complexity index is 1540. The topological polar surface area (TPSA) is 118 Å². The average Bonchev–Trinajstić information content (AvgIpc) is 3.14. The summed E-state index contributed by atoms with van der Waals surface area (Å²) < 4.78 is 119. The summed E-state index contributed by atoms with van der Waals surface area (Å²) >= 11 is 6.01. The molecular weight excluding hydrogens is 663 g/mol. The van der Waals surface area contributed by atoms with E-state index in [1.165, 1.54) is 23.2 Å². The van der Waals surface area contributed by atoms with Crippen LogP contribution in [0.25, 0.3) is 0 Å². The van der Waals surface area contributed by atoms with Crippen molar-refractivity contribution in [3.05, 3.63) is 69.5 Å². The molecule has 0 fully saturated rings. The molecule has 0 saturated heterocycles. The Balaban J connectivity index is 0.000000738. The molecule has 0 radical (unpaired) electrons. The summed E-state index contributed by atoms with van der Waals surface area (Å²) in [6, 6.07) is 4.35. The van der Waals surface area contributed by atoms with E-state index in [2.05, 4.69) is 15.0 Å². The predicted molar refractivity (Wildman–Crippen MR) is 148 cm³/mol. The van der Waals surface area contributed by atoms with Gasteiger partial charge in [-0.15, -0.1) is 0 Å². The minimum atomic E-state index is -5.08. The first-order valence-corrected chi connectivity index (χ1v) is 13.4. The van der Waals surface area contributed by atoms with E-state index in [-0.39, 0.29) is 42.5 Å². The fourth-order valence-corrected chi connectivity index (χ4v) is 4.82.